The van der Waals surface area contributed by atoms with E-state index in [-0.39, 0.29) is 5.91 Å². The van der Waals surface area contributed by atoms with Crippen molar-refractivity contribution >= 4 is 5.91 Å². The zero-order valence-electron chi connectivity index (χ0n) is 10.4. The first-order valence-corrected chi connectivity index (χ1v) is 5.89. The van der Waals surface area contributed by atoms with Gasteiger partial charge in [0.2, 0.25) is 0 Å². The zero-order chi connectivity index (χ0) is 12.7. The van der Waals surface area contributed by atoms with Gasteiger partial charge in [-0.15, -0.1) is 0 Å². The summed E-state index contributed by atoms with van der Waals surface area (Å²) in [5.41, 5.74) is 3.53. The van der Waals surface area contributed by atoms with Gasteiger partial charge in [0.1, 0.15) is 0 Å². The molecule has 0 aliphatic rings. The molecule has 1 aromatic rings. The van der Waals surface area contributed by atoms with Crippen LogP contribution in [0.25, 0.3) is 0 Å². The third kappa shape index (κ3) is 4.13. The maximum Gasteiger partial charge on any atom is 0.266 e. The molecule has 0 fully saturated rings. The third-order valence-electron chi connectivity index (χ3n) is 2.59. The molecule has 0 atom stereocenters. The van der Waals surface area contributed by atoms with Gasteiger partial charge in [0.05, 0.1) is 11.3 Å². The number of nitrogens with one attached hydrogen (secondary N) is 1. The van der Waals surface area contributed by atoms with Crippen molar-refractivity contribution in [3.63, 3.8) is 0 Å². The highest BCUT2D eigenvalue weighted by molar-refractivity contribution is 5.93. The van der Waals surface area contributed by atoms with Crippen molar-refractivity contribution in [2.75, 3.05) is 13.1 Å². The van der Waals surface area contributed by atoms with E-state index in [2.05, 4.69) is 29.2 Å². The Kier molecular flexibility index (Phi) is 5.59. The molecule has 0 unspecified atom stereocenters. The highest BCUT2D eigenvalue weighted by Gasteiger charge is 2.06. The number of nitrogen functional groups attached to an aromatic ring is 1. The minimum Gasteiger partial charge on any atom is -0.298 e. The van der Waals surface area contributed by atoms with Gasteiger partial charge in [0, 0.05) is 12.7 Å². The van der Waals surface area contributed by atoms with Crippen LogP contribution in [-0.2, 0) is 6.54 Å². The number of carbonyl (C=O) groups excluding carboxylic acids is 1. The quantitative estimate of drug-likeness (QED) is 0.437. The number of carbonyl (C=O) groups is 1. The lowest BCUT2D eigenvalue weighted by Gasteiger charge is -2.18. The maximum atomic E-state index is 11.2. The lowest BCUT2D eigenvalue weighted by atomic mass is 10.2. The second-order valence-electron chi connectivity index (χ2n) is 3.88. The van der Waals surface area contributed by atoms with Gasteiger partial charge in [-0.3, -0.25) is 20.1 Å². The first-order chi connectivity index (χ1) is 8.21. The first-order valence-electron chi connectivity index (χ1n) is 5.89. The van der Waals surface area contributed by atoms with E-state index in [0.29, 0.717) is 5.56 Å². The topological polar surface area (TPSA) is 71.2 Å². The van der Waals surface area contributed by atoms with Crippen molar-refractivity contribution in [3.05, 3.63) is 29.6 Å². The minimum atomic E-state index is -0.315. The van der Waals surface area contributed by atoms with Gasteiger partial charge in [0.15, 0.2) is 0 Å². The molecule has 0 saturated carbocycles. The standard InChI is InChI=1S/C12H20N4O/c1-3-7-16(4-2)9-11-6-5-10(8-14-11)12(17)15-13/h5-6,8H,3-4,7,9,13H2,1-2H3,(H,15,17). The molecule has 0 spiro atoms. The average Bonchev–Trinajstić information content (AvgIpc) is 2.38. The molecule has 94 valence electrons. The van der Waals surface area contributed by atoms with Crippen molar-refractivity contribution in [2.24, 2.45) is 5.84 Å². The van der Waals surface area contributed by atoms with Crippen molar-refractivity contribution in [3.8, 4) is 0 Å². The van der Waals surface area contributed by atoms with Crippen LogP contribution >= 0.6 is 0 Å². The number of hydrazine groups is 1. The molecular formula is C12H20N4O. The summed E-state index contributed by atoms with van der Waals surface area (Å²) in [4.78, 5) is 17.8. The van der Waals surface area contributed by atoms with Crippen LogP contribution in [0.1, 0.15) is 36.3 Å². The summed E-state index contributed by atoms with van der Waals surface area (Å²) in [5.74, 6) is 4.73. The lowest BCUT2D eigenvalue weighted by molar-refractivity contribution is 0.0953. The van der Waals surface area contributed by atoms with Gasteiger partial charge >= 0.3 is 0 Å². The number of rotatable bonds is 6. The molecule has 0 aliphatic heterocycles. The second-order valence-corrected chi connectivity index (χ2v) is 3.88. The molecule has 0 aliphatic carbocycles. The Morgan fingerprint density at radius 1 is 1.47 bits per heavy atom. The van der Waals surface area contributed by atoms with Crippen LogP contribution in [0.15, 0.2) is 18.3 Å². The van der Waals surface area contributed by atoms with E-state index in [0.717, 1.165) is 31.7 Å². The Bertz CT molecular complexity index is 350. The molecule has 0 bridgehead atoms. The number of amides is 1. The van der Waals surface area contributed by atoms with E-state index >= 15 is 0 Å². The van der Waals surface area contributed by atoms with Crippen molar-refractivity contribution in [2.45, 2.75) is 26.8 Å². The van der Waals surface area contributed by atoms with Crippen LogP contribution in [0.4, 0.5) is 0 Å². The van der Waals surface area contributed by atoms with Gasteiger partial charge in [-0.25, -0.2) is 5.84 Å². The van der Waals surface area contributed by atoms with Crippen molar-refractivity contribution < 1.29 is 4.79 Å². The van der Waals surface area contributed by atoms with E-state index in [4.69, 9.17) is 5.84 Å². The molecule has 1 rings (SSSR count). The molecule has 0 aromatic carbocycles. The van der Waals surface area contributed by atoms with Crippen LogP contribution in [0.2, 0.25) is 0 Å². The summed E-state index contributed by atoms with van der Waals surface area (Å²) in [6, 6.07) is 3.60. The Balaban J connectivity index is 2.64. The van der Waals surface area contributed by atoms with E-state index in [1.54, 1.807) is 12.3 Å². The van der Waals surface area contributed by atoms with E-state index in [1.807, 2.05) is 6.07 Å². The van der Waals surface area contributed by atoms with Gasteiger partial charge < -0.3 is 0 Å². The van der Waals surface area contributed by atoms with Crippen LogP contribution in [0, 0.1) is 0 Å². The molecule has 1 aromatic heterocycles. The summed E-state index contributed by atoms with van der Waals surface area (Å²) >= 11 is 0. The maximum absolute atomic E-state index is 11.2. The number of nitrogens with two attached hydrogens (primary N) is 1. The van der Waals surface area contributed by atoms with Gasteiger partial charge in [-0.05, 0) is 31.6 Å². The number of pyridine rings is 1. The monoisotopic (exact) mass is 236 g/mol. The van der Waals surface area contributed by atoms with Crippen LogP contribution in [-0.4, -0.2) is 28.9 Å². The van der Waals surface area contributed by atoms with Gasteiger partial charge in [-0.1, -0.05) is 13.8 Å². The van der Waals surface area contributed by atoms with E-state index < -0.39 is 0 Å². The second kappa shape index (κ2) is 6.98. The van der Waals surface area contributed by atoms with Crippen LogP contribution in [0.3, 0.4) is 0 Å². The largest absolute Gasteiger partial charge is 0.298 e. The SMILES string of the molecule is CCCN(CC)Cc1ccc(C(=O)NN)cn1. The fourth-order valence-corrected chi connectivity index (χ4v) is 1.63. The summed E-state index contributed by atoms with van der Waals surface area (Å²) in [7, 11) is 0. The molecule has 3 N–H and O–H groups in total. The number of hydrogen-bond donors (Lipinski definition) is 2. The Labute approximate surface area is 102 Å². The summed E-state index contributed by atoms with van der Waals surface area (Å²) in [5, 5.41) is 0. The molecule has 0 saturated heterocycles. The Morgan fingerprint density at radius 3 is 2.71 bits per heavy atom. The van der Waals surface area contributed by atoms with Crippen LogP contribution in [0.5, 0.6) is 0 Å². The Hall–Kier alpha value is -1.46. The smallest absolute Gasteiger partial charge is 0.266 e. The molecular weight excluding hydrogens is 216 g/mol. The highest BCUT2D eigenvalue weighted by Crippen LogP contribution is 2.04. The van der Waals surface area contributed by atoms with Gasteiger partial charge in [-0.2, -0.15) is 0 Å². The average molecular weight is 236 g/mol. The zero-order valence-corrected chi connectivity index (χ0v) is 10.4. The predicted molar refractivity (Wildman–Crippen MR) is 67.1 cm³/mol. The first kappa shape index (κ1) is 13.6. The van der Waals surface area contributed by atoms with Gasteiger partial charge in [0.25, 0.3) is 5.91 Å². The third-order valence-corrected chi connectivity index (χ3v) is 2.59. The predicted octanol–water partition coefficient (Wildman–Crippen LogP) is 0.917. The molecule has 1 heterocycles. The van der Waals surface area contributed by atoms with Crippen LogP contribution < -0.4 is 11.3 Å². The lowest BCUT2D eigenvalue weighted by Crippen LogP contribution is -2.30. The molecule has 17 heavy (non-hydrogen) atoms. The fraction of sp³-hybridized carbons (Fsp3) is 0.500. The summed E-state index contributed by atoms with van der Waals surface area (Å²) in [6.07, 6.45) is 2.68. The normalized spacial score (nSPS) is 10.6. The molecule has 0 radical (unpaired) electrons. The van der Waals surface area contributed by atoms with Crippen molar-refractivity contribution in [1.29, 1.82) is 0 Å². The number of aromatic nitrogens is 1. The summed E-state index contributed by atoms with van der Waals surface area (Å²) < 4.78 is 0. The Morgan fingerprint density at radius 2 is 2.24 bits per heavy atom. The highest BCUT2D eigenvalue weighted by atomic mass is 16.2. The van der Waals surface area contributed by atoms with Crippen molar-refractivity contribution in [1.82, 2.24) is 15.3 Å². The number of hydrogen-bond acceptors (Lipinski definition) is 4. The summed E-state index contributed by atoms with van der Waals surface area (Å²) in [6.45, 7) is 7.16. The minimum absolute atomic E-state index is 0.315. The molecule has 5 heteroatoms. The molecule has 5 nitrogen and oxygen atoms in total. The molecule has 1 amide bonds. The van der Waals surface area contributed by atoms with E-state index in [1.165, 1.54) is 0 Å². The van der Waals surface area contributed by atoms with E-state index in [9.17, 15) is 4.79 Å². The number of nitrogens with zero attached hydrogens (tertiary/aromatic N) is 2. The fourth-order valence-electron chi connectivity index (χ4n) is 1.63.